The highest BCUT2D eigenvalue weighted by Gasteiger charge is 2.18. The van der Waals surface area contributed by atoms with Gasteiger partial charge in [-0.25, -0.2) is 9.97 Å². The molecule has 0 bridgehead atoms. The number of benzene rings is 7. The summed E-state index contributed by atoms with van der Waals surface area (Å²) in [6, 6.07) is 59.1. The molecule has 7 aromatic carbocycles. The molecule has 0 saturated carbocycles. The van der Waals surface area contributed by atoms with Gasteiger partial charge in [0.05, 0.1) is 11.4 Å². The highest BCUT2D eigenvalue weighted by atomic mass is 16.3. The molecule has 0 amide bonds. The number of fused-ring (bicyclic) bond motifs is 5. The first-order valence-corrected chi connectivity index (χ1v) is 15.8. The van der Waals surface area contributed by atoms with Crippen LogP contribution in [0.1, 0.15) is 0 Å². The van der Waals surface area contributed by atoms with Crippen LogP contribution in [0.15, 0.2) is 174 Å². The van der Waals surface area contributed by atoms with Crippen LogP contribution in [0.25, 0.3) is 88.9 Å². The lowest BCUT2D eigenvalue weighted by molar-refractivity contribution is 0.673. The van der Waals surface area contributed by atoms with Gasteiger partial charge in [-0.1, -0.05) is 140 Å². The fraction of sp³-hybridized carbons (Fsp3) is 0. The highest BCUT2D eigenvalue weighted by molar-refractivity contribution is 6.20. The number of nitrogens with zero attached hydrogens (tertiary/aromatic N) is 2. The van der Waals surface area contributed by atoms with Gasteiger partial charge in [-0.15, -0.1) is 0 Å². The minimum absolute atomic E-state index is 0.699. The molecule has 0 saturated heterocycles. The molecule has 0 radical (unpaired) electrons. The molecular formula is C44H28N2O. The van der Waals surface area contributed by atoms with Gasteiger partial charge in [0.25, 0.3) is 0 Å². The normalized spacial score (nSPS) is 11.4. The number of rotatable bonds is 5. The van der Waals surface area contributed by atoms with Gasteiger partial charge in [-0.05, 0) is 58.0 Å². The van der Waals surface area contributed by atoms with Crippen molar-refractivity contribution >= 4 is 32.7 Å². The van der Waals surface area contributed by atoms with Gasteiger partial charge < -0.3 is 4.42 Å². The zero-order valence-corrected chi connectivity index (χ0v) is 25.5. The van der Waals surface area contributed by atoms with Gasteiger partial charge in [0, 0.05) is 32.8 Å². The Labute approximate surface area is 272 Å². The zero-order chi connectivity index (χ0) is 31.2. The second-order valence-electron chi connectivity index (χ2n) is 11.8. The lowest BCUT2D eigenvalue weighted by Gasteiger charge is -2.13. The van der Waals surface area contributed by atoms with Crippen molar-refractivity contribution in [1.82, 2.24) is 9.97 Å². The standard InChI is InChI=1S/C44H28N2O/c1-4-14-29(15-5-1)33-20-10-11-21-34(33)37-27-39-38-26-32(24-25-42(38)47-43(39)36-23-13-12-22-35(36)37)41-28-40(30-16-6-2-7-17-30)45-44(46-41)31-18-8-3-9-19-31/h1-28H. The molecule has 0 unspecified atom stereocenters. The molecule has 47 heavy (non-hydrogen) atoms. The first kappa shape index (κ1) is 27.0. The maximum absolute atomic E-state index is 6.62. The third-order valence-electron chi connectivity index (χ3n) is 8.90. The monoisotopic (exact) mass is 600 g/mol. The van der Waals surface area contributed by atoms with Crippen LogP contribution in [0.3, 0.4) is 0 Å². The molecule has 0 aliphatic heterocycles. The predicted molar refractivity (Wildman–Crippen MR) is 194 cm³/mol. The third kappa shape index (κ3) is 4.77. The van der Waals surface area contributed by atoms with Gasteiger partial charge in [-0.2, -0.15) is 0 Å². The van der Waals surface area contributed by atoms with Crippen LogP contribution >= 0.6 is 0 Å². The fourth-order valence-corrected chi connectivity index (χ4v) is 6.64. The van der Waals surface area contributed by atoms with Gasteiger partial charge in [0.15, 0.2) is 5.82 Å². The summed E-state index contributed by atoms with van der Waals surface area (Å²) in [5, 5.41) is 4.40. The smallest absolute Gasteiger partial charge is 0.160 e. The Balaban J connectivity index is 1.28. The maximum Gasteiger partial charge on any atom is 0.160 e. The number of hydrogen-bond acceptors (Lipinski definition) is 3. The number of hydrogen-bond donors (Lipinski definition) is 0. The van der Waals surface area contributed by atoms with Crippen LogP contribution in [0, 0.1) is 0 Å². The van der Waals surface area contributed by atoms with Crippen molar-refractivity contribution in [2.45, 2.75) is 0 Å². The van der Waals surface area contributed by atoms with Gasteiger partial charge in [0.2, 0.25) is 0 Å². The van der Waals surface area contributed by atoms with E-state index in [-0.39, 0.29) is 0 Å². The van der Waals surface area contributed by atoms with Crippen LogP contribution in [0.5, 0.6) is 0 Å². The Bertz CT molecular complexity index is 2500. The largest absolute Gasteiger partial charge is 0.455 e. The average molecular weight is 601 g/mol. The van der Waals surface area contributed by atoms with E-state index in [0.717, 1.165) is 55.4 Å². The van der Waals surface area contributed by atoms with Crippen LogP contribution in [-0.2, 0) is 0 Å². The SMILES string of the molecule is c1ccc(-c2cc(-c3ccc4oc5c6ccccc6c(-c6ccccc6-c6ccccc6)cc5c4c3)nc(-c3ccccc3)n2)cc1. The minimum Gasteiger partial charge on any atom is -0.455 e. The quantitative estimate of drug-likeness (QED) is 0.197. The minimum atomic E-state index is 0.699. The highest BCUT2D eigenvalue weighted by Crippen LogP contribution is 2.43. The first-order chi connectivity index (χ1) is 23.3. The van der Waals surface area contributed by atoms with E-state index in [9.17, 15) is 0 Å². The molecule has 2 aromatic heterocycles. The van der Waals surface area contributed by atoms with Crippen LogP contribution < -0.4 is 0 Å². The molecule has 3 heteroatoms. The lowest BCUT2D eigenvalue weighted by atomic mass is 9.90. The lowest BCUT2D eigenvalue weighted by Crippen LogP contribution is -1.95. The molecule has 0 atom stereocenters. The second kappa shape index (κ2) is 11.2. The second-order valence-corrected chi connectivity index (χ2v) is 11.8. The van der Waals surface area contributed by atoms with E-state index < -0.39 is 0 Å². The molecule has 0 aliphatic rings. The number of furan rings is 1. The Morgan fingerprint density at radius 3 is 1.64 bits per heavy atom. The third-order valence-corrected chi connectivity index (χ3v) is 8.90. The van der Waals surface area contributed by atoms with Gasteiger partial charge in [-0.3, -0.25) is 0 Å². The average Bonchev–Trinajstić information content (AvgIpc) is 3.53. The maximum atomic E-state index is 6.62. The van der Waals surface area contributed by atoms with E-state index in [1.807, 2.05) is 36.4 Å². The van der Waals surface area contributed by atoms with E-state index in [1.165, 1.54) is 27.6 Å². The predicted octanol–water partition coefficient (Wildman–Crippen LogP) is 11.9. The Hall–Kier alpha value is -6.32. The van der Waals surface area contributed by atoms with Crippen molar-refractivity contribution in [3.8, 4) is 56.2 Å². The summed E-state index contributed by atoms with van der Waals surface area (Å²) in [5.74, 6) is 0.699. The van der Waals surface area contributed by atoms with E-state index in [0.29, 0.717) is 5.82 Å². The molecule has 9 rings (SSSR count). The van der Waals surface area contributed by atoms with Crippen LogP contribution in [-0.4, -0.2) is 9.97 Å². The molecule has 0 N–H and O–H groups in total. The summed E-state index contributed by atoms with van der Waals surface area (Å²) in [5.41, 5.74) is 11.3. The summed E-state index contributed by atoms with van der Waals surface area (Å²) in [6.07, 6.45) is 0. The van der Waals surface area contributed by atoms with Crippen molar-refractivity contribution in [2.75, 3.05) is 0 Å². The van der Waals surface area contributed by atoms with Gasteiger partial charge >= 0.3 is 0 Å². The molecule has 2 heterocycles. The molecule has 220 valence electrons. The Kier molecular flexibility index (Phi) is 6.46. The summed E-state index contributed by atoms with van der Waals surface area (Å²) >= 11 is 0. The van der Waals surface area contributed by atoms with Crippen molar-refractivity contribution in [3.63, 3.8) is 0 Å². The van der Waals surface area contributed by atoms with E-state index in [2.05, 4.69) is 133 Å². The molecule has 0 spiro atoms. The van der Waals surface area contributed by atoms with E-state index in [4.69, 9.17) is 14.4 Å². The first-order valence-electron chi connectivity index (χ1n) is 15.8. The van der Waals surface area contributed by atoms with Crippen molar-refractivity contribution in [1.29, 1.82) is 0 Å². The fourth-order valence-electron chi connectivity index (χ4n) is 6.64. The van der Waals surface area contributed by atoms with Crippen molar-refractivity contribution in [2.24, 2.45) is 0 Å². The summed E-state index contributed by atoms with van der Waals surface area (Å²) in [4.78, 5) is 10.1. The van der Waals surface area contributed by atoms with Crippen molar-refractivity contribution < 1.29 is 4.42 Å². The van der Waals surface area contributed by atoms with Gasteiger partial charge in [0.1, 0.15) is 11.2 Å². The van der Waals surface area contributed by atoms with Crippen molar-refractivity contribution in [3.05, 3.63) is 170 Å². The van der Waals surface area contributed by atoms with E-state index >= 15 is 0 Å². The molecule has 0 fully saturated rings. The molecule has 3 nitrogen and oxygen atoms in total. The Morgan fingerprint density at radius 1 is 0.340 bits per heavy atom. The molecule has 0 aliphatic carbocycles. The summed E-state index contributed by atoms with van der Waals surface area (Å²) < 4.78 is 6.62. The number of aromatic nitrogens is 2. The molecular weight excluding hydrogens is 572 g/mol. The van der Waals surface area contributed by atoms with Crippen LogP contribution in [0.4, 0.5) is 0 Å². The Morgan fingerprint density at radius 2 is 0.915 bits per heavy atom. The molecule has 9 aromatic rings. The topological polar surface area (TPSA) is 38.9 Å². The van der Waals surface area contributed by atoms with E-state index in [1.54, 1.807) is 0 Å². The van der Waals surface area contributed by atoms with Crippen LogP contribution in [0.2, 0.25) is 0 Å². The summed E-state index contributed by atoms with van der Waals surface area (Å²) in [6.45, 7) is 0. The zero-order valence-electron chi connectivity index (χ0n) is 25.5. The summed E-state index contributed by atoms with van der Waals surface area (Å²) in [7, 11) is 0.